The maximum absolute atomic E-state index is 13.0. The van der Waals surface area contributed by atoms with Crippen molar-refractivity contribution in [1.29, 1.82) is 0 Å². The van der Waals surface area contributed by atoms with Gasteiger partial charge in [0.2, 0.25) is 0 Å². The first-order valence-electron chi connectivity index (χ1n) is 7.58. The van der Waals surface area contributed by atoms with Crippen LogP contribution in [-0.2, 0) is 5.54 Å². The van der Waals surface area contributed by atoms with Gasteiger partial charge in [-0.1, -0.05) is 28.1 Å². The van der Waals surface area contributed by atoms with E-state index in [9.17, 15) is 9.18 Å². The first-order valence-corrected chi connectivity index (χ1v) is 8.37. The Balaban J connectivity index is 1.79. The summed E-state index contributed by atoms with van der Waals surface area (Å²) in [6.07, 6.45) is 2.94. The minimum atomic E-state index is -0.313. The lowest BCUT2D eigenvalue weighted by atomic mass is 9.72. The summed E-state index contributed by atoms with van der Waals surface area (Å²) in [5, 5.41) is 3.16. The van der Waals surface area contributed by atoms with Crippen molar-refractivity contribution in [2.45, 2.75) is 24.8 Å². The van der Waals surface area contributed by atoms with Crippen LogP contribution in [0.15, 0.2) is 53.0 Å². The van der Waals surface area contributed by atoms with Gasteiger partial charge in [-0.3, -0.25) is 4.90 Å². The van der Waals surface area contributed by atoms with Crippen molar-refractivity contribution >= 4 is 27.6 Å². The number of nitrogens with one attached hydrogen (secondary N) is 1. The van der Waals surface area contributed by atoms with Gasteiger partial charge in [-0.25, -0.2) is 9.18 Å². The third kappa shape index (κ3) is 3.24. The molecule has 0 heterocycles. The van der Waals surface area contributed by atoms with Crippen molar-refractivity contribution in [1.82, 2.24) is 5.32 Å². The molecule has 0 unspecified atom stereocenters. The second-order valence-electron chi connectivity index (χ2n) is 5.91. The first-order chi connectivity index (χ1) is 11.0. The minimum Gasteiger partial charge on any atom is -0.328 e. The molecule has 2 aromatic rings. The molecule has 23 heavy (non-hydrogen) atoms. The molecular formula is C18H18BrFN2O. The largest absolute Gasteiger partial charge is 0.328 e. The van der Waals surface area contributed by atoms with Gasteiger partial charge in [-0.15, -0.1) is 0 Å². The fourth-order valence-electron chi connectivity index (χ4n) is 2.87. The summed E-state index contributed by atoms with van der Waals surface area (Å²) in [5.74, 6) is -0.313. The maximum atomic E-state index is 13.0. The molecule has 1 fully saturated rings. The number of rotatable bonds is 3. The molecule has 1 N–H and O–H groups in total. The number of anilines is 1. The molecule has 120 valence electrons. The van der Waals surface area contributed by atoms with Crippen molar-refractivity contribution in [2.75, 3.05) is 11.9 Å². The van der Waals surface area contributed by atoms with Crippen LogP contribution in [0.4, 0.5) is 14.9 Å². The molecule has 0 aromatic heterocycles. The Bertz CT molecular complexity index is 713. The summed E-state index contributed by atoms with van der Waals surface area (Å²) >= 11 is 3.49. The van der Waals surface area contributed by atoms with E-state index >= 15 is 0 Å². The molecule has 0 bridgehead atoms. The van der Waals surface area contributed by atoms with Crippen LogP contribution in [0, 0.1) is 5.82 Å². The van der Waals surface area contributed by atoms with Gasteiger partial charge in [-0.05, 0) is 61.2 Å². The van der Waals surface area contributed by atoms with Crippen molar-refractivity contribution < 1.29 is 9.18 Å². The van der Waals surface area contributed by atoms with Gasteiger partial charge in [0.05, 0.1) is 5.54 Å². The summed E-state index contributed by atoms with van der Waals surface area (Å²) in [5.41, 5.74) is 1.46. The monoisotopic (exact) mass is 376 g/mol. The lowest BCUT2D eigenvalue weighted by Crippen LogP contribution is -2.54. The number of halogens is 2. The smallest absolute Gasteiger partial charge is 0.322 e. The summed E-state index contributed by atoms with van der Waals surface area (Å²) in [6, 6.07) is 13.8. The van der Waals surface area contributed by atoms with Crippen LogP contribution < -0.4 is 10.2 Å². The molecule has 1 aliphatic rings. The van der Waals surface area contributed by atoms with Crippen LogP contribution in [0.3, 0.4) is 0 Å². The standard InChI is InChI=1S/C18H18BrFN2O/c1-22(16-8-6-15(20)7-9-16)17(23)21-18(10-3-11-18)13-4-2-5-14(19)12-13/h2,4-9,12H,3,10-11H2,1H3,(H,21,23). The van der Waals surface area contributed by atoms with E-state index in [1.165, 1.54) is 17.0 Å². The van der Waals surface area contributed by atoms with Crippen LogP contribution in [0.5, 0.6) is 0 Å². The van der Waals surface area contributed by atoms with Crippen molar-refractivity contribution in [3.63, 3.8) is 0 Å². The molecule has 0 radical (unpaired) electrons. The van der Waals surface area contributed by atoms with E-state index in [2.05, 4.69) is 27.3 Å². The molecule has 1 saturated carbocycles. The third-order valence-electron chi connectivity index (χ3n) is 4.45. The van der Waals surface area contributed by atoms with Crippen LogP contribution >= 0.6 is 15.9 Å². The van der Waals surface area contributed by atoms with Crippen molar-refractivity contribution in [3.05, 3.63) is 64.4 Å². The second-order valence-corrected chi connectivity index (χ2v) is 6.83. The Kier molecular flexibility index (Phi) is 4.39. The molecule has 0 atom stereocenters. The average molecular weight is 377 g/mol. The highest BCUT2D eigenvalue weighted by atomic mass is 79.9. The van der Waals surface area contributed by atoms with Gasteiger partial charge >= 0.3 is 6.03 Å². The first kappa shape index (κ1) is 16.0. The number of nitrogens with zero attached hydrogens (tertiary/aromatic N) is 1. The topological polar surface area (TPSA) is 32.3 Å². The Morgan fingerprint density at radius 3 is 2.48 bits per heavy atom. The molecular weight excluding hydrogens is 359 g/mol. The van der Waals surface area contributed by atoms with E-state index in [0.29, 0.717) is 5.69 Å². The highest BCUT2D eigenvalue weighted by Gasteiger charge is 2.40. The number of benzene rings is 2. The van der Waals surface area contributed by atoms with Crippen LogP contribution in [0.2, 0.25) is 0 Å². The quantitative estimate of drug-likeness (QED) is 0.818. The summed E-state index contributed by atoms with van der Waals surface area (Å²) in [4.78, 5) is 14.1. The molecule has 3 rings (SSSR count). The number of hydrogen-bond acceptors (Lipinski definition) is 1. The van der Waals surface area contributed by atoms with Crippen molar-refractivity contribution in [2.24, 2.45) is 0 Å². The molecule has 0 saturated heterocycles. The number of amides is 2. The molecule has 2 amide bonds. The van der Waals surface area contributed by atoms with E-state index < -0.39 is 0 Å². The lowest BCUT2D eigenvalue weighted by molar-refractivity contribution is 0.182. The number of carbonyl (C=O) groups excluding carboxylic acids is 1. The Hall–Kier alpha value is -1.88. The van der Waals surface area contributed by atoms with Crippen LogP contribution in [0.25, 0.3) is 0 Å². The molecule has 3 nitrogen and oxygen atoms in total. The van der Waals surface area contributed by atoms with Gasteiger partial charge < -0.3 is 5.32 Å². The summed E-state index contributed by atoms with van der Waals surface area (Å²) < 4.78 is 14.0. The van der Waals surface area contributed by atoms with Gasteiger partial charge in [0, 0.05) is 17.2 Å². The zero-order valence-electron chi connectivity index (χ0n) is 12.9. The zero-order valence-corrected chi connectivity index (χ0v) is 14.4. The summed E-state index contributed by atoms with van der Waals surface area (Å²) in [6.45, 7) is 0. The molecule has 5 heteroatoms. The number of urea groups is 1. The predicted octanol–water partition coefficient (Wildman–Crippen LogP) is 4.81. The molecule has 0 spiro atoms. The van der Waals surface area contributed by atoms with Crippen LogP contribution in [0.1, 0.15) is 24.8 Å². The van der Waals surface area contributed by atoms with Gasteiger partial charge in [0.15, 0.2) is 0 Å². The highest BCUT2D eigenvalue weighted by Crippen LogP contribution is 2.42. The molecule has 1 aliphatic carbocycles. The Morgan fingerprint density at radius 2 is 1.91 bits per heavy atom. The minimum absolute atomic E-state index is 0.184. The molecule has 0 aliphatic heterocycles. The number of hydrogen-bond donors (Lipinski definition) is 1. The highest BCUT2D eigenvalue weighted by molar-refractivity contribution is 9.10. The average Bonchev–Trinajstić information content (AvgIpc) is 2.50. The third-order valence-corrected chi connectivity index (χ3v) is 4.94. The fourth-order valence-corrected chi connectivity index (χ4v) is 3.27. The predicted molar refractivity (Wildman–Crippen MR) is 93.0 cm³/mol. The normalized spacial score (nSPS) is 15.6. The van der Waals surface area contributed by atoms with E-state index in [4.69, 9.17) is 0 Å². The SMILES string of the molecule is CN(C(=O)NC1(c2cccc(Br)c2)CCC1)c1ccc(F)cc1. The summed E-state index contributed by atoms with van der Waals surface area (Å²) in [7, 11) is 1.69. The Labute approximate surface area is 143 Å². The van der Waals surface area contributed by atoms with E-state index in [1.807, 2.05) is 18.2 Å². The van der Waals surface area contributed by atoms with Gasteiger partial charge in [-0.2, -0.15) is 0 Å². The van der Waals surface area contributed by atoms with E-state index in [0.717, 1.165) is 29.3 Å². The van der Waals surface area contributed by atoms with E-state index in [1.54, 1.807) is 19.2 Å². The lowest BCUT2D eigenvalue weighted by Gasteiger charge is -2.44. The zero-order chi connectivity index (χ0) is 16.4. The fraction of sp³-hybridized carbons (Fsp3) is 0.278. The maximum Gasteiger partial charge on any atom is 0.322 e. The number of carbonyl (C=O) groups is 1. The van der Waals surface area contributed by atoms with Crippen LogP contribution in [-0.4, -0.2) is 13.1 Å². The van der Waals surface area contributed by atoms with Gasteiger partial charge in [0.25, 0.3) is 0 Å². The van der Waals surface area contributed by atoms with E-state index in [-0.39, 0.29) is 17.4 Å². The Morgan fingerprint density at radius 1 is 1.22 bits per heavy atom. The molecule has 2 aromatic carbocycles. The van der Waals surface area contributed by atoms with Gasteiger partial charge in [0.1, 0.15) is 5.82 Å². The second kappa shape index (κ2) is 6.32. The van der Waals surface area contributed by atoms with Crippen molar-refractivity contribution in [3.8, 4) is 0 Å².